The lowest BCUT2D eigenvalue weighted by atomic mass is 9.85. The van der Waals surface area contributed by atoms with Crippen LogP contribution in [0.4, 0.5) is 0 Å². The summed E-state index contributed by atoms with van der Waals surface area (Å²) in [5.74, 6) is 0.200. The van der Waals surface area contributed by atoms with E-state index in [-0.39, 0.29) is 5.92 Å². The van der Waals surface area contributed by atoms with Crippen molar-refractivity contribution in [3.8, 4) is 0 Å². The average Bonchev–Trinajstić information content (AvgIpc) is 2.16. The van der Waals surface area contributed by atoms with E-state index in [2.05, 4.69) is 6.07 Å². The van der Waals surface area contributed by atoms with E-state index < -0.39 is 0 Å². The predicted molar refractivity (Wildman–Crippen MR) is 53.0 cm³/mol. The van der Waals surface area contributed by atoms with Gasteiger partial charge in [-0.2, -0.15) is 0 Å². The fourth-order valence-electron chi connectivity index (χ4n) is 1.87. The molecule has 1 aliphatic carbocycles. The summed E-state index contributed by atoms with van der Waals surface area (Å²) < 4.78 is 0. The highest BCUT2D eigenvalue weighted by Gasteiger charge is 2.17. The van der Waals surface area contributed by atoms with Gasteiger partial charge in [-0.15, -0.1) is 0 Å². The molecule has 2 heteroatoms. The maximum absolute atomic E-state index is 10.6. The van der Waals surface area contributed by atoms with E-state index in [9.17, 15) is 4.79 Å². The highest BCUT2D eigenvalue weighted by Crippen LogP contribution is 2.26. The van der Waals surface area contributed by atoms with Crippen molar-refractivity contribution < 1.29 is 4.79 Å². The molecule has 0 saturated heterocycles. The molecule has 0 N–H and O–H groups in total. The van der Waals surface area contributed by atoms with Gasteiger partial charge in [0, 0.05) is 10.9 Å². The molecule has 13 heavy (non-hydrogen) atoms. The van der Waals surface area contributed by atoms with Gasteiger partial charge in [0.05, 0.1) is 0 Å². The molecule has 0 radical (unpaired) electrons. The largest absolute Gasteiger partial charge is 0.303 e. The minimum atomic E-state index is 0.200. The second-order valence-electron chi connectivity index (χ2n) is 3.55. The molecule has 0 spiro atoms. The average molecular weight is 195 g/mol. The Kier molecular flexibility index (Phi) is 2.36. The zero-order valence-electron chi connectivity index (χ0n) is 7.29. The van der Waals surface area contributed by atoms with Crippen LogP contribution in [0, 0.1) is 5.92 Å². The number of carbonyl (C=O) groups excluding carboxylic acids is 1. The third-order valence-electron chi connectivity index (χ3n) is 2.63. The maximum atomic E-state index is 10.6. The van der Waals surface area contributed by atoms with Crippen LogP contribution in [0.2, 0.25) is 5.02 Å². The number of fused-ring (bicyclic) bond motifs is 1. The Morgan fingerprint density at radius 3 is 3.00 bits per heavy atom. The van der Waals surface area contributed by atoms with Gasteiger partial charge in [0.25, 0.3) is 0 Å². The second-order valence-corrected chi connectivity index (χ2v) is 3.99. The Morgan fingerprint density at radius 1 is 1.38 bits per heavy atom. The van der Waals surface area contributed by atoms with E-state index >= 15 is 0 Å². The number of halogens is 1. The topological polar surface area (TPSA) is 17.1 Å². The molecule has 1 aliphatic rings. The van der Waals surface area contributed by atoms with Crippen LogP contribution in [-0.2, 0) is 17.6 Å². The molecule has 68 valence electrons. The first-order chi connectivity index (χ1) is 6.29. The van der Waals surface area contributed by atoms with Crippen LogP contribution in [-0.4, -0.2) is 6.29 Å². The molecule has 1 aromatic carbocycles. The molecule has 0 saturated carbocycles. The molecule has 1 atom stereocenters. The lowest BCUT2D eigenvalue weighted by Crippen LogP contribution is -2.14. The van der Waals surface area contributed by atoms with E-state index in [1.807, 2.05) is 12.1 Å². The van der Waals surface area contributed by atoms with Gasteiger partial charge < -0.3 is 4.79 Å². The van der Waals surface area contributed by atoms with Gasteiger partial charge in [-0.1, -0.05) is 17.7 Å². The second kappa shape index (κ2) is 3.51. The SMILES string of the molecule is O=CC1CCc2ccc(Cl)cc2C1. The van der Waals surface area contributed by atoms with Crippen molar-refractivity contribution in [2.75, 3.05) is 0 Å². The quantitative estimate of drug-likeness (QED) is 0.629. The van der Waals surface area contributed by atoms with Crippen molar-refractivity contribution in [1.29, 1.82) is 0 Å². The minimum Gasteiger partial charge on any atom is -0.303 e. The molecular formula is C11H11ClO. The van der Waals surface area contributed by atoms with Gasteiger partial charge in [-0.05, 0) is 42.5 Å². The zero-order valence-corrected chi connectivity index (χ0v) is 8.05. The van der Waals surface area contributed by atoms with Crippen LogP contribution >= 0.6 is 11.6 Å². The maximum Gasteiger partial charge on any atom is 0.123 e. The van der Waals surface area contributed by atoms with Gasteiger partial charge in [0.1, 0.15) is 6.29 Å². The number of benzene rings is 1. The Labute approximate surface area is 82.7 Å². The Bertz CT molecular complexity index is 333. The van der Waals surface area contributed by atoms with Crippen molar-refractivity contribution in [2.45, 2.75) is 19.3 Å². The normalized spacial score (nSPS) is 20.8. The van der Waals surface area contributed by atoms with Gasteiger partial charge in [0.2, 0.25) is 0 Å². The van der Waals surface area contributed by atoms with Gasteiger partial charge in [-0.3, -0.25) is 0 Å². The van der Waals surface area contributed by atoms with Crippen molar-refractivity contribution in [3.05, 3.63) is 34.3 Å². The van der Waals surface area contributed by atoms with Crippen molar-refractivity contribution in [1.82, 2.24) is 0 Å². The van der Waals surface area contributed by atoms with Crippen molar-refractivity contribution in [3.63, 3.8) is 0 Å². The van der Waals surface area contributed by atoms with E-state index in [4.69, 9.17) is 11.6 Å². The van der Waals surface area contributed by atoms with Crippen molar-refractivity contribution in [2.24, 2.45) is 5.92 Å². The zero-order chi connectivity index (χ0) is 9.26. The molecule has 1 aromatic rings. The monoisotopic (exact) mass is 194 g/mol. The van der Waals surface area contributed by atoms with Crippen LogP contribution in [0.3, 0.4) is 0 Å². The van der Waals surface area contributed by atoms with E-state index in [1.54, 1.807) is 0 Å². The number of carbonyl (C=O) groups is 1. The summed E-state index contributed by atoms with van der Waals surface area (Å²) in [6.07, 6.45) is 3.91. The number of rotatable bonds is 1. The third kappa shape index (κ3) is 1.75. The summed E-state index contributed by atoms with van der Waals surface area (Å²) in [6.45, 7) is 0. The van der Waals surface area contributed by atoms with Crippen LogP contribution in [0.25, 0.3) is 0 Å². The summed E-state index contributed by atoms with van der Waals surface area (Å²) in [4.78, 5) is 10.6. The van der Waals surface area contributed by atoms with Gasteiger partial charge in [-0.25, -0.2) is 0 Å². The molecule has 0 aromatic heterocycles. The highest BCUT2D eigenvalue weighted by atomic mass is 35.5. The number of hydrogen-bond acceptors (Lipinski definition) is 1. The molecule has 0 amide bonds. The molecular weight excluding hydrogens is 184 g/mol. The van der Waals surface area contributed by atoms with Crippen LogP contribution < -0.4 is 0 Å². The van der Waals surface area contributed by atoms with Gasteiger partial charge in [0.15, 0.2) is 0 Å². The molecule has 2 rings (SSSR count). The predicted octanol–water partition coefficient (Wildman–Crippen LogP) is 2.64. The molecule has 0 fully saturated rings. The van der Waals surface area contributed by atoms with E-state index in [0.29, 0.717) is 0 Å². The summed E-state index contributed by atoms with van der Waals surface area (Å²) in [5.41, 5.74) is 2.60. The summed E-state index contributed by atoms with van der Waals surface area (Å²) in [7, 11) is 0. The van der Waals surface area contributed by atoms with E-state index in [0.717, 1.165) is 30.6 Å². The molecule has 0 heterocycles. The minimum absolute atomic E-state index is 0.200. The third-order valence-corrected chi connectivity index (χ3v) is 2.86. The Balaban J connectivity index is 2.32. The van der Waals surface area contributed by atoms with Crippen LogP contribution in [0.1, 0.15) is 17.5 Å². The van der Waals surface area contributed by atoms with E-state index in [1.165, 1.54) is 11.1 Å². The van der Waals surface area contributed by atoms with Crippen LogP contribution in [0.15, 0.2) is 18.2 Å². The molecule has 0 aliphatic heterocycles. The molecule has 0 bridgehead atoms. The lowest BCUT2D eigenvalue weighted by Gasteiger charge is -2.20. The highest BCUT2D eigenvalue weighted by molar-refractivity contribution is 6.30. The number of aryl methyl sites for hydroxylation is 1. The summed E-state index contributed by atoms with van der Waals surface area (Å²) in [5, 5.41) is 0.769. The fourth-order valence-corrected chi connectivity index (χ4v) is 2.06. The number of hydrogen-bond donors (Lipinski definition) is 0. The Morgan fingerprint density at radius 2 is 2.23 bits per heavy atom. The first-order valence-corrected chi connectivity index (χ1v) is 4.90. The lowest BCUT2D eigenvalue weighted by molar-refractivity contribution is -0.111. The van der Waals surface area contributed by atoms with Crippen molar-refractivity contribution >= 4 is 17.9 Å². The summed E-state index contributed by atoms with van der Waals surface area (Å²) >= 11 is 5.88. The van der Waals surface area contributed by atoms with Crippen LogP contribution in [0.5, 0.6) is 0 Å². The smallest absolute Gasteiger partial charge is 0.123 e. The van der Waals surface area contributed by atoms with Gasteiger partial charge >= 0.3 is 0 Å². The molecule has 1 unspecified atom stereocenters. The first kappa shape index (κ1) is 8.76. The summed E-state index contributed by atoms with van der Waals surface area (Å²) in [6, 6.07) is 5.97. The fraction of sp³-hybridized carbons (Fsp3) is 0.364. The first-order valence-electron chi connectivity index (χ1n) is 4.52. The molecule has 1 nitrogen and oxygen atoms in total. The standard InChI is InChI=1S/C11H11ClO/c12-11-4-3-9-2-1-8(7-13)5-10(9)6-11/h3-4,6-8H,1-2,5H2. The Hall–Kier alpha value is -0.820. The number of aldehydes is 1.